The third kappa shape index (κ3) is 11.6. The highest BCUT2D eigenvalue weighted by Gasteiger charge is 2.22. The zero-order chi connectivity index (χ0) is 20.8. The van der Waals surface area contributed by atoms with Gasteiger partial charge in [0.25, 0.3) is 0 Å². The fraction of sp³-hybridized carbons (Fsp3) is 0.682. The standard InChI is InChI=1S/C22H32O6/c23-18(11-7-12-19(24)10-5-6-13-22(27)28)9-4-2-1-3-8-17-16-20(25)14-15-21(17)26/h14-15,17H,1-13,16H2,(H,27,28). The predicted octanol–water partition coefficient (Wildman–Crippen LogP) is 3.99. The number of aliphatic carboxylic acids is 1. The smallest absolute Gasteiger partial charge is 0.303 e. The lowest BCUT2D eigenvalue weighted by Gasteiger charge is -2.15. The van der Waals surface area contributed by atoms with Crippen molar-refractivity contribution in [3.05, 3.63) is 12.2 Å². The van der Waals surface area contributed by atoms with Crippen LogP contribution in [-0.2, 0) is 24.0 Å². The molecule has 0 heterocycles. The first-order chi connectivity index (χ1) is 13.4. The Morgan fingerprint density at radius 2 is 1.29 bits per heavy atom. The molecule has 6 heteroatoms. The Balaban J connectivity index is 1.96. The molecular formula is C22H32O6. The summed E-state index contributed by atoms with van der Waals surface area (Å²) >= 11 is 0. The molecule has 1 aliphatic rings. The molecule has 0 radical (unpaired) electrons. The van der Waals surface area contributed by atoms with Gasteiger partial charge in [0, 0.05) is 44.4 Å². The molecule has 0 spiro atoms. The van der Waals surface area contributed by atoms with Gasteiger partial charge < -0.3 is 5.11 Å². The van der Waals surface area contributed by atoms with Gasteiger partial charge in [0.05, 0.1) is 0 Å². The van der Waals surface area contributed by atoms with Gasteiger partial charge in [0.2, 0.25) is 0 Å². The van der Waals surface area contributed by atoms with E-state index in [4.69, 9.17) is 5.11 Å². The van der Waals surface area contributed by atoms with Crippen LogP contribution < -0.4 is 0 Å². The largest absolute Gasteiger partial charge is 0.481 e. The predicted molar refractivity (Wildman–Crippen MR) is 105 cm³/mol. The quantitative estimate of drug-likeness (QED) is 0.398. The minimum Gasteiger partial charge on any atom is -0.481 e. The topological polar surface area (TPSA) is 106 Å². The van der Waals surface area contributed by atoms with Gasteiger partial charge >= 0.3 is 5.97 Å². The Labute approximate surface area is 166 Å². The maximum atomic E-state index is 11.9. The number of carboxylic acids is 1. The molecule has 28 heavy (non-hydrogen) atoms. The van der Waals surface area contributed by atoms with E-state index in [1.807, 2.05) is 0 Å². The summed E-state index contributed by atoms with van der Waals surface area (Å²) in [4.78, 5) is 56.9. The molecule has 156 valence electrons. The van der Waals surface area contributed by atoms with Crippen LogP contribution in [0.25, 0.3) is 0 Å². The van der Waals surface area contributed by atoms with Gasteiger partial charge in [-0.1, -0.05) is 19.3 Å². The van der Waals surface area contributed by atoms with E-state index < -0.39 is 5.97 Å². The highest BCUT2D eigenvalue weighted by atomic mass is 16.4. The normalized spacial score (nSPS) is 16.4. The number of carboxylic acid groups (broad SMARTS) is 1. The fourth-order valence-corrected chi connectivity index (χ4v) is 3.36. The first-order valence-corrected chi connectivity index (χ1v) is 10.4. The Morgan fingerprint density at radius 3 is 1.93 bits per heavy atom. The first kappa shape index (κ1) is 23.9. The molecule has 0 aromatic heterocycles. The summed E-state index contributed by atoms with van der Waals surface area (Å²) in [6, 6.07) is 0. The minimum atomic E-state index is -0.840. The van der Waals surface area contributed by atoms with Crippen LogP contribution in [0.4, 0.5) is 0 Å². The van der Waals surface area contributed by atoms with E-state index in [-0.39, 0.29) is 35.5 Å². The summed E-state index contributed by atoms with van der Waals surface area (Å²) in [5.41, 5.74) is 0. The molecule has 0 aromatic carbocycles. The fourth-order valence-electron chi connectivity index (χ4n) is 3.36. The van der Waals surface area contributed by atoms with E-state index in [0.29, 0.717) is 51.4 Å². The molecule has 1 rings (SSSR count). The maximum Gasteiger partial charge on any atom is 0.303 e. The summed E-state index contributed by atoms with van der Waals surface area (Å²) in [6.45, 7) is 0. The van der Waals surface area contributed by atoms with Crippen molar-refractivity contribution >= 4 is 29.1 Å². The summed E-state index contributed by atoms with van der Waals surface area (Å²) < 4.78 is 0. The molecule has 0 saturated carbocycles. The number of allylic oxidation sites excluding steroid dienone is 2. The summed E-state index contributed by atoms with van der Waals surface area (Å²) in [5.74, 6) is -0.658. The van der Waals surface area contributed by atoms with Gasteiger partial charge in [-0.25, -0.2) is 0 Å². The van der Waals surface area contributed by atoms with Crippen molar-refractivity contribution in [2.45, 2.75) is 89.9 Å². The van der Waals surface area contributed by atoms with E-state index in [2.05, 4.69) is 0 Å². The summed E-state index contributed by atoms with van der Waals surface area (Å²) in [5, 5.41) is 8.53. The van der Waals surface area contributed by atoms with Crippen LogP contribution in [0.1, 0.15) is 89.9 Å². The van der Waals surface area contributed by atoms with Crippen molar-refractivity contribution in [3.8, 4) is 0 Å². The highest BCUT2D eigenvalue weighted by molar-refractivity contribution is 6.05. The van der Waals surface area contributed by atoms with Crippen LogP contribution in [0.3, 0.4) is 0 Å². The molecule has 6 nitrogen and oxygen atoms in total. The molecule has 1 unspecified atom stereocenters. The first-order valence-electron chi connectivity index (χ1n) is 10.4. The van der Waals surface area contributed by atoms with E-state index >= 15 is 0 Å². The zero-order valence-electron chi connectivity index (χ0n) is 16.6. The minimum absolute atomic E-state index is 0.0222. The number of rotatable bonds is 16. The van der Waals surface area contributed by atoms with Crippen molar-refractivity contribution in [2.24, 2.45) is 5.92 Å². The maximum absolute atomic E-state index is 11.9. The van der Waals surface area contributed by atoms with E-state index in [9.17, 15) is 24.0 Å². The van der Waals surface area contributed by atoms with E-state index in [1.165, 1.54) is 12.2 Å². The van der Waals surface area contributed by atoms with Gasteiger partial charge in [-0.2, -0.15) is 0 Å². The number of hydrogen-bond donors (Lipinski definition) is 1. The van der Waals surface area contributed by atoms with Crippen molar-refractivity contribution in [1.29, 1.82) is 0 Å². The van der Waals surface area contributed by atoms with Crippen molar-refractivity contribution in [3.63, 3.8) is 0 Å². The van der Waals surface area contributed by atoms with Crippen LogP contribution in [0, 0.1) is 5.92 Å². The molecule has 1 aliphatic carbocycles. The molecule has 0 bridgehead atoms. The van der Waals surface area contributed by atoms with Gasteiger partial charge in [0.15, 0.2) is 11.6 Å². The van der Waals surface area contributed by atoms with Gasteiger partial charge in [-0.05, 0) is 44.3 Å². The van der Waals surface area contributed by atoms with Gasteiger partial charge in [-0.3, -0.25) is 24.0 Å². The number of carbonyl (C=O) groups excluding carboxylic acids is 4. The van der Waals surface area contributed by atoms with Crippen LogP contribution in [0.2, 0.25) is 0 Å². The van der Waals surface area contributed by atoms with Crippen molar-refractivity contribution in [2.75, 3.05) is 0 Å². The monoisotopic (exact) mass is 392 g/mol. The second-order valence-corrected chi connectivity index (χ2v) is 7.59. The van der Waals surface area contributed by atoms with Crippen molar-refractivity contribution < 1.29 is 29.1 Å². The third-order valence-electron chi connectivity index (χ3n) is 5.05. The van der Waals surface area contributed by atoms with Crippen molar-refractivity contribution in [1.82, 2.24) is 0 Å². The zero-order valence-corrected chi connectivity index (χ0v) is 16.6. The van der Waals surface area contributed by atoms with E-state index in [1.54, 1.807) is 0 Å². The third-order valence-corrected chi connectivity index (χ3v) is 5.05. The lowest BCUT2D eigenvalue weighted by molar-refractivity contribution is -0.137. The van der Waals surface area contributed by atoms with Crippen LogP contribution in [-0.4, -0.2) is 34.2 Å². The van der Waals surface area contributed by atoms with E-state index in [0.717, 1.165) is 32.1 Å². The molecule has 0 aliphatic heterocycles. The summed E-state index contributed by atoms with van der Waals surface area (Å²) in [7, 11) is 0. The molecule has 1 N–H and O–H groups in total. The number of ketones is 4. The molecular weight excluding hydrogens is 360 g/mol. The second-order valence-electron chi connectivity index (χ2n) is 7.59. The Hall–Kier alpha value is -2.11. The Morgan fingerprint density at radius 1 is 0.750 bits per heavy atom. The van der Waals surface area contributed by atoms with Crippen LogP contribution >= 0.6 is 0 Å². The summed E-state index contributed by atoms with van der Waals surface area (Å²) in [6.07, 6.45) is 10.9. The lowest BCUT2D eigenvalue weighted by atomic mass is 9.87. The lowest BCUT2D eigenvalue weighted by Crippen LogP contribution is -2.20. The number of Topliss-reactive ketones (excluding diaryl/α,β-unsaturated/α-hetero) is 2. The van der Waals surface area contributed by atoms with Gasteiger partial charge in [0.1, 0.15) is 11.6 Å². The molecule has 1 atom stereocenters. The highest BCUT2D eigenvalue weighted by Crippen LogP contribution is 2.20. The molecule has 0 saturated heterocycles. The molecule has 0 fully saturated rings. The van der Waals surface area contributed by atoms with Gasteiger partial charge in [-0.15, -0.1) is 0 Å². The SMILES string of the molecule is O=C(O)CCCCC(=O)CCCC(=O)CCCCCCC1CC(=O)C=CC1=O. The molecule has 0 aromatic rings. The Bertz CT molecular complexity index is 590. The molecule has 0 amide bonds. The number of carbonyl (C=O) groups is 5. The average Bonchev–Trinajstić information content (AvgIpc) is 2.64. The van der Waals surface area contributed by atoms with Crippen LogP contribution in [0.15, 0.2) is 12.2 Å². The Kier molecular flexibility index (Phi) is 11.9. The van der Waals surface area contributed by atoms with Crippen LogP contribution in [0.5, 0.6) is 0 Å². The number of unbranched alkanes of at least 4 members (excludes halogenated alkanes) is 4. The second kappa shape index (κ2) is 14.0. The average molecular weight is 392 g/mol. The number of hydrogen-bond acceptors (Lipinski definition) is 5.